The molecule has 0 radical (unpaired) electrons. The molecule has 0 unspecified atom stereocenters. The van der Waals surface area contributed by atoms with Gasteiger partial charge in [-0.15, -0.1) is 11.3 Å². The predicted molar refractivity (Wildman–Crippen MR) is 116 cm³/mol. The Kier molecular flexibility index (Phi) is 5.76. The van der Waals surface area contributed by atoms with Crippen molar-refractivity contribution in [3.63, 3.8) is 0 Å². The third-order valence-corrected chi connectivity index (χ3v) is 6.02. The first-order valence-corrected chi connectivity index (χ1v) is 10.7. The molecular formula is C22H24N4O2S. The van der Waals surface area contributed by atoms with Gasteiger partial charge in [-0.05, 0) is 44.4 Å². The van der Waals surface area contributed by atoms with Crippen molar-refractivity contribution in [1.82, 2.24) is 9.55 Å². The fourth-order valence-electron chi connectivity index (χ4n) is 3.51. The summed E-state index contributed by atoms with van der Waals surface area (Å²) < 4.78 is 1.81. The van der Waals surface area contributed by atoms with Crippen LogP contribution in [0.1, 0.15) is 52.7 Å². The number of carbonyl (C=O) groups is 2. The van der Waals surface area contributed by atoms with E-state index in [1.165, 1.54) is 26.2 Å². The molecule has 1 N–H and O–H groups in total. The number of Topliss-reactive ketones (excluding diaryl/α,β-unsaturated/α-hetero) is 1. The number of nitrogens with one attached hydrogen (secondary N) is 1. The molecule has 0 saturated carbocycles. The van der Waals surface area contributed by atoms with Gasteiger partial charge in [0.1, 0.15) is 5.69 Å². The predicted octanol–water partition coefficient (Wildman–Crippen LogP) is 4.44. The number of ketones is 1. The summed E-state index contributed by atoms with van der Waals surface area (Å²) in [5, 5.41) is 5.97. The lowest BCUT2D eigenvalue weighted by Gasteiger charge is -2.25. The number of para-hydroxylation sites is 1. The number of carbonyl (C=O) groups excluding carboxylic acids is 2. The molecule has 1 aromatic carbocycles. The monoisotopic (exact) mass is 408 g/mol. The highest BCUT2D eigenvalue weighted by Crippen LogP contribution is 2.25. The number of hydrogen-bond acceptors (Lipinski definition) is 5. The second-order valence-electron chi connectivity index (χ2n) is 7.29. The van der Waals surface area contributed by atoms with Crippen LogP contribution in [0.25, 0.3) is 0 Å². The summed E-state index contributed by atoms with van der Waals surface area (Å²) in [6.45, 7) is 4.07. The van der Waals surface area contributed by atoms with Gasteiger partial charge in [0.25, 0.3) is 5.91 Å². The van der Waals surface area contributed by atoms with Crippen LogP contribution in [0.4, 0.5) is 10.8 Å². The summed E-state index contributed by atoms with van der Waals surface area (Å²) in [7, 11) is 0. The first-order chi connectivity index (χ1) is 14.1. The average molecular weight is 409 g/mol. The number of hydrogen-bond donors (Lipinski definition) is 1. The fraction of sp³-hybridized carbons (Fsp3) is 0.318. The van der Waals surface area contributed by atoms with Crippen molar-refractivity contribution in [3.05, 3.63) is 64.9 Å². The second kappa shape index (κ2) is 8.61. The molecule has 29 heavy (non-hydrogen) atoms. The molecule has 1 fully saturated rings. The summed E-state index contributed by atoms with van der Waals surface area (Å²) in [4.78, 5) is 31.8. The first-order valence-electron chi connectivity index (χ1n) is 9.87. The standard InChI is InChI=1S/C22H24N4O2S/c1-16(27)17-12-20(21(28)23-18-8-4-2-5-9-18)26(13-17)14-19-15-29-22(24-19)25-10-6-3-7-11-25/h2,4-5,8-9,12-13,15H,3,6-7,10-11,14H2,1H3,(H,23,28). The minimum Gasteiger partial charge on any atom is -0.348 e. The number of amides is 1. The quantitative estimate of drug-likeness (QED) is 0.613. The van der Waals surface area contributed by atoms with Crippen LogP contribution >= 0.6 is 11.3 Å². The van der Waals surface area contributed by atoms with Gasteiger partial charge in [-0.3, -0.25) is 9.59 Å². The van der Waals surface area contributed by atoms with Gasteiger partial charge in [-0.25, -0.2) is 4.98 Å². The van der Waals surface area contributed by atoms with E-state index in [9.17, 15) is 9.59 Å². The van der Waals surface area contributed by atoms with E-state index in [4.69, 9.17) is 4.98 Å². The van der Waals surface area contributed by atoms with Crippen molar-refractivity contribution in [2.24, 2.45) is 0 Å². The van der Waals surface area contributed by atoms with Gasteiger partial charge in [0.2, 0.25) is 0 Å². The SMILES string of the molecule is CC(=O)c1cc(C(=O)Nc2ccccc2)n(Cc2csc(N3CCCCC3)n2)c1. The molecule has 3 heterocycles. The van der Waals surface area contributed by atoms with Crippen molar-refractivity contribution in [2.45, 2.75) is 32.7 Å². The molecule has 1 saturated heterocycles. The number of piperidine rings is 1. The minimum absolute atomic E-state index is 0.0650. The molecule has 150 valence electrons. The zero-order valence-corrected chi connectivity index (χ0v) is 17.2. The van der Waals surface area contributed by atoms with Gasteiger partial charge in [-0.2, -0.15) is 0 Å². The Labute approximate surface area is 174 Å². The molecule has 1 amide bonds. The molecule has 0 bridgehead atoms. The Balaban J connectivity index is 1.55. The van der Waals surface area contributed by atoms with Crippen LogP contribution in [0.5, 0.6) is 0 Å². The summed E-state index contributed by atoms with van der Waals surface area (Å²) in [6.07, 6.45) is 5.44. The smallest absolute Gasteiger partial charge is 0.272 e. The van der Waals surface area contributed by atoms with E-state index in [0.29, 0.717) is 17.8 Å². The molecule has 1 aliphatic heterocycles. The highest BCUT2D eigenvalue weighted by atomic mass is 32.1. The van der Waals surface area contributed by atoms with Crippen molar-refractivity contribution in [3.8, 4) is 0 Å². The van der Waals surface area contributed by atoms with Crippen molar-refractivity contribution in [1.29, 1.82) is 0 Å². The van der Waals surface area contributed by atoms with E-state index < -0.39 is 0 Å². The maximum atomic E-state index is 12.8. The number of nitrogens with zero attached hydrogens (tertiary/aromatic N) is 3. The maximum absolute atomic E-state index is 12.8. The topological polar surface area (TPSA) is 67.2 Å². The summed E-state index contributed by atoms with van der Waals surface area (Å²) in [5.74, 6) is -0.306. The maximum Gasteiger partial charge on any atom is 0.272 e. The van der Waals surface area contributed by atoms with Crippen LogP contribution in [0.3, 0.4) is 0 Å². The van der Waals surface area contributed by atoms with Crippen LogP contribution < -0.4 is 10.2 Å². The summed E-state index contributed by atoms with van der Waals surface area (Å²) in [5.41, 5.74) is 2.59. The lowest BCUT2D eigenvalue weighted by atomic mass is 10.1. The average Bonchev–Trinajstić information content (AvgIpc) is 3.37. The first kappa shape index (κ1) is 19.4. The van der Waals surface area contributed by atoms with Gasteiger partial charge in [0.05, 0.1) is 12.2 Å². The fourth-order valence-corrected chi connectivity index (χ4v) is 4.39. The molecule has 1 aliphatic rings. The number of rotatable bonds is 6. The van der Waals surface area contributed by atoms with Crippen LogP contribution in [-0.2, 0) is 6.54 Å². The van der Waals surface area contributed by atoms with Crippen molar-refractivity contribution < 1.29 is 9.59 Å². The lowest BCUT2D eigenvalue weighted by Crippen LogP contribution is -2.29. The van der Waals surface area contributed by atoms with Gasteiger partial charge < -0.3 is 14.8 Å². The number of aromatic nitrogens is 2. The zero-order valence-electron chi connectivity index (χ0n) is 16.4. The molecular weight excluding hydrogens is 384 g/mol. The van der Waals surface area contributed by atoms with E-state index in [-0.39, 0.29) is 11.7 Å². The Hall–Kier alpha value is -2.93. The summed E-state index contributed by atoms with van der Waals surface area (Å²) >= 11 is 1.64. The largest absolute Gasteiger partial charge is 0.348 e. The van der Waals surface area contributed by atoms with Crippen LogP contribution in [0.2, 0.25) is 0 Å². The molecule has 0 aliphatic carbocycles. The second-order valence-corrected chi connectivity index (χ2v) is 8.12. The van der Waals surface area contributed by atoms with Crippen LogP contribution in [0.15, 0.2) is 48.0 Å². The highest BCUT2D eigenvalue weighted by molar-refractivity contribution is 7.13. The van der Waals surface area contributed by atoms with Crippen LogP contribution in [-0.4, -0.2) is 34.3 Å². The molecule has 3 aromatic rings. The third-order valence-electron chi connectivity index (χ3n) is 5.07. The highest BCUT2D eigenvalue weighted by Gasteiger charge is 2.18. The van der Waals surface area contributed by atoms with E-state index in [0.717, 1.165) is 29.6 Å². The number of benzene rings is 1. The molecule has 7 heteroatoms. The molecule has 6 nitrogen and oxygen atoms in total. The summed E-state index contributed by atoms with van der Waals surface area (Å²) in [6, 6.07) is 11.0. The molecule has 0 atom stereocenters. The zero-order chi connectivity index (χ0) is 20.2. The molecule has 0 spiro atoms. The Morgan fingerprint density at radius 2 is 1.90 bits per heavy atom. The normalized spacial score (nSPS) is 14.0. The number of thiazole rings is 1. The van der Waals surface area contributed by atoms with Gasteiger partial charge >= 0.3 is 0 Å². The Morgan fingerprint density at radius 3 is 2.62 bits per heavy atom. The van der Waals surface area contributed by atoms with Crippen molar-refractivity contribution >= 4 is 33.8 Å². The van der Waals surface area contributed by atoms with Gasteiger partial charge in [0, 0.05) is 35.9 Å². The van der Waals surface area contributed by atoms with E-state index in [1.807, 2.05) is 40.3 Å². The Morgan fingerprint density at radius 1 is 1.14 bits per heavy atom. The van der Waals surface area contributed by atoms with Gasteiger partial charge in [0.15, 0.2) is 10.9 Å². The van der Waals surface area contributed by atoms with E-state index in [2.05, 4.69) is 10.2 Å². The van der Waals surface area contributed by atoms with Gasteiger partial charge in [-0.1, -0.05) is 18.2 Å². The molecule has 4 rings (SSSR count). The third kappa shape index (κ3) is 4.56. The number of anilines is 2. The van der Waals surface area contributed by atoms with Crippen LogP contribution in [0, 0.1) is 0 Å². The minimum atomic E-state index is -0.241. The molecule has 2 aromatic heterocycles. The Bertz CT molecular complexity index is 1000. The van der Waals surface area contributed by atoms with E-state index >= 15 is 0 Å². The van der Waals surface area contributed by atoms with Crippen molar-refractivity contribution in [2.75, 3.05) is 23.3 Å². The lowest BCUT2D eigenvalue weighted by molar-refractivity contribution is 0.101. The van der Waals surface area contributed by atoms with E-state index in [1.54, 1.807) is 23.6 Å².